The van der Waals surface area contributed by atoms with E-state index in [1.807, 2.05) is 13.0 Å². The minimum atomic E-state index is -0.0875. The largest absolute Gasteiger partial charge is 0.464 e. The maximum atomic E-state index is 12.5. The minimum absolute atomic E-state index is 0.0875. The molecule has 0 saturated carbocycles. The number of nitrogens with zero attached hydrogens (tertiary/aromatic N) is 2. The molecule has 6 heteroatoms. The molecular formula is C20H18N4O2. The number of benzene rings is 1. The Kier molecular flexibility index (Phi) is 3.31. The normalized spacial score (nSPS) is 13.4. The first-order valence-electron chi connectivity index (χ1n) is 8.80. The van der Waals surface area contributed by atoms with Gasteiger partial charge in [-0.05, 0) is 55.5 Å². The van der Waals surface area contributed by atoms with E-state index in [1.165, 1.54) is 17.5 Å². The molecule has 2 N–H and O–H groups in total. The fourth-order valence-electron chi connectivity index (χ4n) is 3.75. The molecule has 5 rings (SSSR count). The number of anilines is 1. The van der Waals surface area contributed by atoms with Crippen molar-refractivity contribution in [1.82, 2.24) is 15.2 Å². The molecule has 1 aromatic carbocycles. The number of hydrogen-bond acceptors (Lipinski definition) is 4. The van der Waals surface area contributed by atoms with Crippen LogP contribution in [0.2, 0.25) is 0 Å². The summed E-state index contributed by atoms with van der Waals surface area (Å²) in [6.07, 6.45) is 7.01. The molecule has 1 amide bonds. The van der Waals surface area contributed by atoms with E-state index >= 15 is 0 Å². The fraction of sp³-hybridized carbons (Fsp3) is 0.250. The van der Waals surface area contributed by atoms with Crippen molar-refractivity contribution >= 4 is 33.6 Å². The van der Waals surface area contributed by atoms with Gasteiger partial charge >= 0.3 is 0 Å². The Labute approximate surface area is 149 Å². The molecule has 1 aliphatic carbocycles. The molecular weight excluding hydrogens is 328 g/mol. The smallest absolute Gasteiger partial charge is 0.228 e. The molecule has 1 aliphatic rings. The highest BCUT2D eigenvalue weighted by Crippen LogP contribution is 2.30. The minimum Gasteiger partial charge on any atom is -0.464 e. The van der Waals surface area contributed by atoms with E-state index in [2.05, 4.69) is 32.6 Å². The SMILES string of the molecule is Cc1[nH]nc2ncc(NC(=O)Cc3coc4cc5c(cc34)CCC5)cc12. The summed E-state index contributed by atoms with van der Waals surface area (Å²) >= 11 is 0. The van der Waals surface area contributed by atoms with Crippen LogP contribution in [0.3, 0.4) is 0 Å². The first kappa shape index (κ1) is 15.1. The average molecular weight is 346 g/mol. The first-order chi connectivity index (χ1) is 12.7. The number of nitrogens with one attached hydrogen (secondary N) is 2. The van der Waals surface area contributed by atoms with Gasteiger partial charge in [-0.3, -0.25) is 9.89 Å². The van der Waals surface area contributed by atoms with Gasteiger partial charge in [-0.1, -0.05) is 0 Å². The molecule has 4 aromatic rings. The van der Waals surface area contributed by atoms with E-state index < -0.39 is 0 Å². The van der Waals surface area contributed by atoms with Crippen LogP contribution in [0.1, 0.15) is 28.8 Å². The van der Waals surface area contributed by atoms with Crippen molar-refractivity contribution in [2.75, 3.05) is 5.32 Å². The van der Waals surface area contributed by atoms with Crippen LogP contribution in [0.5, 0.6) is 0 Å². The van der Waals surface area contributed by atoms with Gasteiger partial charge in [0.25, 0.3) is 0 Å². The lowest BCUT2D eigenvalue weighted by atomic mass is 10.0. The summed E-state index contributed by atoms with van der Waals surface area (Å²) in [6, 6.07) is 6.20. The zero-order valence-corrected chi connectivity index (χ0v) is 14.4. The van der Waals surface area contributed by atoms with Crippen molar-refractivity contribution in [3.05, 3.63) is 53.0 Å². The number of carbonyl (C=O) groups is 1. The second kappa shape index (κ2) is 5.69. The molecule has 3 aromatic heterocycles. The Bertz CT molecular complexity index is 1160. The molecule has 6 nitrogen and oxygen atoms in total. The van der Waals surface area contributed by atoms with Gasteiger partial charge in [0, 0.05) is 22.0 Å². The fourth-order valence-corrected chi connectivity index (χ4v) is 3.75. The van der Waals surface area contributed by atoms with E-state index in [4.69, 9.17) is 4.42 Å². The van der Waals surface area contributed by atoms with Crippen LogP contribution in [0.4, 0.5) is 5.69 Å². The molecule has 0 fully saturated rings. The highest BCUT2D eigenvalue weighted by Gasteiger charge is 2.17. The number of H-pyrrole nitrogens is 1. The number of furan rings is 1. The van der Waals surface area contributed by atoms with Gasteiger partial charge in [0.05, 0.1) is 24.6 Å². The molecule has 130 valence electrons. The highest BCUT2D eigenvalue weighted by molar-refractivity contribution is 5.96. The number of aryl methyl sites for hydroxylation is 3. The zero-order valence-electron chi connectivity index (χ0n) is 14.4. The van der Waals surface area contributed by atoms with Gasteiger partial charge in [-0.25, -0.2) is 4.98 Å². The molecule has 26 heavy (non-hydrogen) atoms. The lowest BCUT2D eigenvalue weighted by Gasteiger charge is -2.05. The van der Waals surface area contributed by atoms with Crippen LogP contribution in [-0.4, -0.2) is 21.1 Å². The molecule has 0 radical (unpaired) electrons. The maximum Gasteiger partial charge on any atom is 0.228 e. The van der Waals surface area contributed by atoms with E-state index in [-0.39, 0.29) is 12.3 Å². The van der Waals surface area contributed by atoms with Crippen LogP contribution in [0.15, 0.2) is 35.1 Å². The number of rotatable bonds is 3. The number of fused-ring (bicyclic) bond motifs is 3. The van der Waals surface area contributed by atoms with Crippen LogP contribution >= 0.6 is 0 Å². The second-order valence-electron chi connectivity index (χ2n) is 6.90. The Balaban J connectivity index is 1.39. The van der Waals surface area contributed by atoms with E-state index in [9.17, 15) is 4.79 Å². The van der Waals surface area contributed by atoms with Crippen molar-refractivity contribution in [1.29, 1.82) is 0 Å². The lowest BCUT2D eigenvalue weighted by molar-refractivity contribution is -0.115. The van der Waals surface area contributed by atoms with Crippen LogP contribution in [0, 0.1) is 6.92 Å². The monoisotopic (exact) mass is 346 g/mol. The van der Waals surface area contributed by atoms with Crippen LogP contribution in [-0.2, 0) is 24.1 Å². The molecule has 0 spiro atoms. The molecule has 3 heterocycles. The number of aromatic amines is 1. The van der Waals surface area contributed by atoms with Gasteiger partial charge in [0.15, 0.2) is 5.65 Å². The second-order valence-corrected chi connectivity index (χ2v) is 6.90. The third-order valence-electron chi connectivity index (χ3n) is 5.10. The summed E-state index contributed by atoms with van der Waals surface area (Å²) in [6.45, 7) is 1.93. The van der Waals surface area contributed by atoms with Crippen LogP contribution < -0.4 is 5.32 Å². The zero-order chi connectivity index (χ0) is 17.7. The van der Waals surface area contributed by atoms with Crippen molar-refractivity contribution in [2.45, 2.75) is 32.6 Å². The van der Waals surface area contributed by atoms with Crippen molar-refractivity contribution in [2.24, 2.45) is 0 Å². The standard InChI is InChI=1S/C20H18N4O2/c1-11-16-8-15(9-21-20(16)24-23-11)22-19(25)7-14-10-26-18-6-13-4-2-3-12(13)5-17(14)18/h5-6,8-10H,2-4,7H2,1H3,(H,22,25)(H,21,23,24). The lowest BCUT2D eigenvalue weighted by Crippen LogP contribution is -2.14. The van der Waals surface area contributed by atoms with Gasteiger partial charge in [-0.2, -0.15) is 5.10 Å². The summed E-state index contributed by atoms with van der Waals surface area (Å²) in [5.41, 5.74) is 6.78. The number of carbonyl (C=O) groups excluding carboxylic acids is 1. The Morgan fingerprint density at radius 3 is 2.96 bits per heavy atom. The van der Waals surface area contributed by atoms with E-state index in [0.717, 1.165) is 40.5 Å². The Morgan fingerprint density at radius 2 is 2.08 bits per heavy atom. The summed E-state index contributed by atoms with van der Waals surface area (Å²) in [5, 5.41) is 11.9. The van der Waals surface area contributed by atoms with Gasteiger partial charge < -0.3 is 9.73 Å². The number of amides is 1. The van der Waals surface area contributed by atoms with Gasteiger partial charge in [0.1, 0.15) is 5.58 Å². The molecule has 0 aliphatic heterocycles. The molecule has 0 bridgehead atoms. The van der Waals surface area contributed by atoms with Crippen molar-refractivity contribution in [3.63, 3.8) is 0 Å². The topological polar surface area (TPSA) is 83.8 Å². The number of hydrogen-bond donors (Lipinski definition) is 2. The molecule has 0 saturated heterocycles. The summed E-state index contributed by atoms with van der Waals surface area (Å²) < 4.78 is 5.68. The van der Waals surface area contributed by atoms with Crippen LogP contribution in [0.25, 0.3) is 22.0 Å². The maximum absolute atomic E-state index is 12.5. The number of aromatic nitrogens is 3. The third kappa shape index (κ3) is 2.45. The van der Waals surface area contributed by atoms with E-state index in [1.54, 1.807) is 12.5 Å². The summed E-state index contributed by atoms with van der Waals surface area (Å²) in [7, 11) is 0. The summed E-state index contributed by atoms with van der Waals surface area (Å²) in [4.78, 5) is 16.8. The van der Waals surface area contributed by atoms with Gasteiger partial charge in [0.2, 0.25) is 5.91 Å². The van der Waals surface area contributed by atoms with Gasteiger partial charge in [-0.15, -0.1) is 0 Å². The quantitative estimate of drug-likeness (QED) is 0.593. The Hall–Kier alpha value is -3.15. The predicted octanol–water partition coefficient (Wildman–Crippen LogP) is 3.68. The number of pyridine rings is 1. The average Bonchev–Trinajstić information content (AvgIpc) is 3.33. The summed E-state index contributed by atoms with van der Waals surface area (Å²) in [5.74, 6) is -0.0875. The van der Waals surface area contributed by atoms with Crippen molar-refractivity contribution < 1.29 is 9.21 Å². The third-order valence-corrected chi connectivity index (χ3v) is 5.10. The molecule has 0 unspecified atom stereocenters. The first-order valence-corrected chi connectivity index (χ1v) is 8.80. The Morgan fingerprint density at radius 1 is 1.23 bits per heavy atom. The van der Waals surface area contributed by atoms with Crippen molar-refractivity contribution in [3.8, 4) is 0 Å². The van der Waals surface area contributed by atoms with E-state index in [0.29, 0.717) is 11.3 Å². The molecule has 0 atom stereocenters. The predicted molar refractivity (Wildman–Crippen MR) is 99.2 cm³/mol. The highest BCUT2D eigenvalue weighted by atomic mass is 16.3.